The van der Waals surface area contributed by atoms with Gasteiger partial charge in [-0.1, -0.05) is 60.7 Å². The van der Waals surface area contributed by atoms with Crippen molar-refractivity contribution in [2.45, 2.75) is 56.7 Å². The molecule has 0 bridgehead atoms. The predicted molar refractivity (Wildman–Crippen MR) is 178 cm³/mol. The number of hydrogen-bond donors (Lipinski definition) is 4. The number of morpholine rings is 1. The number of likely N-dealkylation sites (N-methyl/N-ethyl adjacent to an activating group) is 1. The molecule has 3 rings (SSSR count). The molecule has 0 aromatic heterocycles. The summed E-state index contributed by atoms with van der Waals surface area (Å²) < 4.78 is 12.3. The average Bonchev–Trinajstić information content (AvgIpc) is 3.04. The van der Waals surface area contributed by atoms with Crippen molar-refractivity contribution in [1.29, 1.82) is 5.41 Å². The van der Waals surface area contributed by atoms with Crippen molar-refractivity contribution in [3.8, 4) is 0 Å². The largest absolute Gasteiger partial charge is 0.414 e. The molecule has 2 unspecified atom stereocenters. The van der Waals surface area contributed by atoms with Gasteiger partial charge in [0.15, 0.2) is 5.96 Å². The lowest BCUT2D eigenvalue weighted by Crippen LogP contribution is -2.55. The first-order valence-corrected chi connectivity index (χ1v) is 15.6. The topological polar surface area (TPSA) is 136 Å². The van der Waals surface area contributed by atoms with E-state index in [4.69, 9.17) is 20.6 Å². The summed E-state index contributed by atoms with van der Waals surface area (Å²) in [6.07, 6.45) is 4.04. The van der Waals surface area contributed by atoms with Gasteiger partial charge in [-0.25, -0.2) is 15.2 Å². The standard InChI is InChI=1S/C34H51N7O4/c1-6-31(34(22-26(2)39(3)4,27-14-9-7-10-15-27)28-16-11-8-12-17-28)45-33(43)40(5)23-30-24-41(20-21-44-30)38-29(25-42)18-13-19-37-32(35)36/h6-12,14-17,25-26,29-30,38H,13,18-24H2,1-5H3,(H4,35,36,37)/b31-6-/t26?,29-,30?/m0/s1. The van der Waals surface area contributed by atoms with E-state index in [0.29, 0.717) is 57.8 Å². The van der Waals surface area contributed by atoms with Crippen LogP contribution < -0.4 is 16.5 Å². The van der Waals surface area contributed by atoms with Gasteiger partial charge in [-0.15, -0.1) is 0 Å². The van der Waals surface area contributed by atoms with Crippen LogP contribution >= 0.6 is 0 Å². The van der Waals surface area contributed by atoms with Crippen LogP contribution in [0.2, 0.25) is 0 Å². The van der Waals surface area contributed by atoms with E-state index in [1.54, 1.807) is 11.9 Å². The molecule has 0 radical (unpaired) electrons. The molecule has 2 aromatic carbocycles. The normalized spacial score (nSPS) is 17.4. The number of guanidine groups is 1. The third-order valence-electron chi connectivity index (χ3n) is 8.34. The van der Waals surface area contributed by atoms with Crippen LogP contribution in [0.5, 0.6) is 0 Å². The monoisotopic (exact) mass is 621 g/mol. The first kappa shape index (κ1) is 35.7. The zero-order valence-corrected chi connectivity index (χ0v) is 27.4. The van der Waals surface area contributed by atoms with E-state index in [9.17, 15) is 9.59 Å². The zero-order valence-electron chi connectivity index (χ0n) is 27.4. The van der Waals surface area contributed by atoms with E-state index >= 15 is 0 Å². The Hall–Kier alpha value is -3.77. The molecule has 0 aliphatic carbocycles. The number of hydrogen-bond acceptors (Lipinski definition) is 8. The Balaban J connectivity index is 1.74. The lowest BCUT2D eigenvalue weighted by molar-refractivity contribution is -0.113. The van der Waals surface area contributed by atoms with Gasteiger partial charge in [0.05, 0.1) is 30.7 Å². The first-order chi connectivity index (χ1) is 21.6. The van der Waals surface area contributed by atoms with E-state index in [1.807, 2.05) is 54.4 Å². The molecule has 5 N–H and O–H groups in total. The van der Waals surface area contributed by atoms with Gasteiger partial charge in [-0.2, -0.15) is 0 Å². The second-order valence-corrected chi connectivity index (χ2v) is 11.8. The molecule has 1 heterocycles. The highest BCUT2D eigenvalue weighted by molar-refractivity contribution is 5.74. The minimum Gasteiger partial charge on any atom is -0.414 e. The van der Waals surface area contributed by atoms with E-state index in [1.165, 1.54) is 0 Å². The van der Waals surface area contributed by atoms with Crippen molar-refractivity contribution in [3.63, 3.8) is 0 Å². The number of nitrogens with two attached hydrogens (primary N) is 1. The molecular weight excluding hydrogens is 570 g/mol. The summed E-state index contributed by atoms with van der Waals surface area (Å²) in [5.74, 6) is 0.492. The van der Waals surface area contributed by atoms with Crippen LogP contribution in [0.1, 0.15) is 44.2 Å². The van der Waals surface area contributed by atoms with E-state index in [2.05, 4.69) is 60.9 Å². The van der Waals surface area contributed by atoms with Gasteiger partial charge in [-0.3, -0.25) is 5.41 Å². The van der Waals surface area contributed by atoms with Crippen molar-refractivity contribution in [1.82, 2.24) is 25.6 Å². The minimum atomic E-state index is -0.705. The highest BCUT2D eigenvalue weighted by Gasteiger charge is 2.42. The Morgan fingerprint density at radius 3 is 2.31 bits per heavy atom. The molecule has 1 saturated heterocycles. The summed E-state index contributed by atoms with van der Waals surface area (Å²) in [6, 6.07) is 20.3. The second kappa shape index (κ2) is 17.6. The van der Waals surface area contributed by atoms with Crippen LogP contribution in [0.4, 0.5) is 4.79 Å². The fraction of sp³-hybridized carbons (Fsp3) is 0.500. The van der Waals surface area contributed by atoms with Gasteiger partial charge < -0.3 is 35.1 Å². The molecule has 0 spiro atoms. The number of carbonyl (C=O) groups excluding carboxylic acids is 2. The van der Waals surface area contributed by atoms with Crippen LogP contribution in [0, 0.1) is 5.41 Å². The molecule has 2 aromatic rings. The molecule has 45 heavy (non-hydrogen) atoms. The third-order valence-corrected chi connectivity index (χ3v) is 8.34. The number of aldehydes is 1. The lowest BCUT2D eigenvalue weighted by atomic mass is 9.68. The minimum absolute atomic E-state index is 0.0835. The first-order valence-electron chi connectivity index (χ1n) is 15.6. The summed E-state index contributed by atoms with van der Waals surface area (Å²) in [6.45, 7) is 6.52. The Kier molecular flexibility index (Phi) is 14.0. The third kappa shape index (κ3) is 10.1. The smallest absolute Gasteiger partial charge is 0.414 e. The maximum absolute atomic E-state index is 13.7. The Bertz CT molecular complexity index is 1200. The number of carbonyl (C=O) groups is 2. The molecule has 1 aliphatic heterocycles. The Morgan fingerprint density at radius 2 is 1.78 bits per heavy atom. The molecular formula is C34H51N7O4. The molecule has 1 fully saturated rings. The fourth-order valence-electron chi connectivity index (χ4n) is 5.69. The van der Waals surface area contributed by atoms with Crippen LogP contribution in [-0.2, 0) is 19.7 Å². The van der Waals surface area contributed by atoms with Gasteiger partial charge in [0.2, 0.25) is 0 Å². The van der Waals surface area contributed by atoms with E-state index in [-0.39, 0.29) is 24.1 Å². The quantitative estimate of drug-likeness (QED) is 0.0732. The summed E-state index contributed by atoms with van der Waals surface area (Å²) in [5.41, 5.74) is 10.00. The molecule has 1 aliphatic rings. The van der Waals surface area contributed by atoms with Crippen LogP contribution in [-0.4, -0.2) is 105 Å². The molecule has 11 heteroatoms. The predicted octanol–water partition coefficient (Wildman–Crippen LogP) is 3.32. The SMILES string of the molecule is C/C=C(\OC(=O)N(C)CC1CN(N[C@H](C=O)CCCNC(=N)N)CCO1)C(CC(C)N(C)C)(c1ccccc1)c1ccccc1. The highest BCUT2D eigenvalue weighted by Crippen LogP contribution is 2.44. The lowest BCUT2D eigenvalue weighted by Gasteiger charge is -2.40. The molecule has 0 saturated carbocycles. The average molecular weight is 622 g/mol. The van der Waals surface area contributed by atoms with Crippen LogP contribution in [0.25, 0.3) is 0 Å². The molecule has 11 nitrogen and oxygen atoms in total. The summed E-state index contributed by atoms with van der Waals surface area (Å²) >= 11 is 0. The molecule has 3 atom stereocenters. The van der Waals surface area contributed by atoms with Crippen LogP contribution in [0.15, 0.2) is 72.5 Å². The van der Waals surface area contributed by atoms with E-state index < -0.39 is 11.5 Å². The van der Waals surface area contributed by atoms with Crippen molar-refractivity contribution < 1.29 is 19.1 Å². The highest BCUT2D eigenvalue weighted by atomic mass is 16.6. The number of nitrogens with one attached hydrogen (secondary N) is 3. The molecule has 246 valence electrons. The summed E-state index contributed by atoms with van der Waals surface area (Å²) in [7, 11) is 5.84. The van der Waals surface area contributed by atoms with Gasteiger partial charge in [0.1, 0.15) is 12.0 Å². The zero-order chi connectivity index (χ0) is 32.8. The maximum atomic E-state index is 13.7. The van der Waals surface area contributed by atoms with Crippen molar-refractivity contribution in [2.24, 2.45) is 5.73 Å². The number of allylic oxidation sites excluding steroid dienone is 2. The number of rotatable bonds is 16. The summed E-state index contributed by atoms with van der Waals surface area (Å²) in [4.78, 5) is 29.1. The van der Waals surface area contributed by atoms with Gasteiger partial charge in [0, 0.05) is 32.7 Å². The number of ether oxygens (including phenoxy) is 2. The van der Waals surface area contributed by atoms with Gasteiger partial charge >= 0.3 is 6.09 Å². The van der Waals surface area contributed by atoms with Gasteiger partial charge in [-0.05, 0) is 64.4 Å². The summed E-state index contributed by atoms with van der Waals surface area (Å²) in [5, 5.41) is 12.0. The number of nitrogens with zero attached hydrogens (tertiary/aromatic N) is 3. The number of hydrazine groups is 1. The Labute approximate surface area is 268 Å². The van der Waals surface area contributed by atoms with Crippen LogP contribution in [0.3, 0.4) is 0 Å². The van der Waals surface area contributed by atoms with E-state index in [0.717, 1.165) is 17.4 Å². The van der Waals surface area contributed by atoms with Crippen molar-refractivity contribution in [2.75, 3.05) is 53.9 Å². The number of amides is 1. The molecule has 1 amide bonds. The Morgan fingerprint density at radius 1 is 1.16 bits per heavy atom. The number of benzene rings is 2. The maximum Gasteiger partial charge on any atom is 0.414 e. The fourth-order valence-corrected chi connectivity index (χ4v) is 5.69. The van der Waals surface area contributed by atoms with Crippen molar-refractivity contribution >= 4 is 18.3 Å². The van der Waals surface area contributed by atoms with Crippen molar-refractivity contribution in [3.05, 3.63) is 83.6 Å². The van der Waals surface area contributed by atoms with Gasteiger partial charge in [0.25, 0.3) is 0 Å². The second-order valence-electron chi connectivity index (χ2n) is 11.8.